The van der Waals surface area contributed by atoms with E-state index < -0.39 is 11.9 Å². The Bertz CT molecular complexity index is 753. The first kappa shape index (κ1) is 17.9. The molecule has 3 N–H and O–H groups in total. The molecule has 126 valence electrons. The second kappa shape index (κ2) is 7.88. The Labute approximate surface area is 144 Å². The fourth-order valence-electron chi connectivity index (χ4n) is 2.47. The number of nitrogens with one attached hydrogen (secondary N) is 1. The minimum Gasteiger partial charge on any atom is -0.368 e. The van der Waals surface area contributed by atoms with E-state index in [1.807, 2.05) is 26.0 Å². The third-order valence-corrected chi connectivity index (χ3v) is 4.61. The van der Waals surface area contributed by atoms with E-state index >= 15 is 0 Å². The summed E-state index contributed by atoms with van der Waals surface area (Å²) in [5.74, 6) is -1.08. The van der Waals surface area contributed by atoms with Gasteiger partial charge in [0.15, 0.2) is 5.78 Å². The molecule has 0 saturated carbocycles. The van der Waals surface area contributed by atoms with Crippen molar-refractivity contribution in [2.45, 2.75) is 32.7 Å². The molecule has 0 bridgehead atoms. The van der Waals surface area contributed by atoms with Crippen molar-refractivity contribution in [1.29, 1.82) is 0 Å². The van der Waals surface area contributed by atoms with Crippen LogP contribution >= 0.6 is 11.3 Å². The highest BCUT2D eigenvalue weighted by molar-refractivity contribution is 7.12. The first-order valence-corrected chi connectivity index (χ1v) is 8.44. The molecule has 1 aromatic heterocycles. The normalized spacial score (nSPS) is 11.8. The number of carbonyl (C=O) groups is 3. The van der Waals surface area contributed by atoms with Crippen LogP contribution in [0, 0.1) is 13.8 Å². The molecule has 2 amide bonds. The van der Waals surface area contributed by atoms with E-state index in [0.717, 1.165) is 9.75 Å². The molecule has 0 spiro atoms. The number of rotatable bonds is 7. The maximum absolute atomic E-state index is 12.2. The lowest BCUT2D eigenvalue weighted by Gasteiger charge is -2.15. The van der Waals surface area contributed by atoms with Crippen LogP contribution in [0.15, 0.2) is 36.4 Å². The molecule has 24 heavy (non-hydrogen) atoms. The fraction of sp³-hybridized carbons (Fsp3) is 0.278. The van der Waals surface area contributed by atoms with Gasteiger partial charge in [-0.25, -0.2) is 0 Å². The number of amides is 2. The smallest absolute Gasteiger partial charge is 0.244 e. The number of hydrogen-bond donors (Lipinski definition) is 2. The number of benzene rings is 1. The standard InChI is InChI=1S/C18H20N2O3S/c1-11-10-14(12(2)24-11)15(21)8-9-16(22)20-17(18(19)23)13-6-4-3-5-7-13/h3-7,10,17H,8-9H2,1-2H3,(H2,19,23)(H,20,22)/t17-/m1/s1. The van der Waals surface area contributed by atoms with Gasteiger partial charge in [-0.05, 0) is 25.5 Å². The second-order valence-corrected chi connectivity index (χ2v) is 7.02. The number of carbonyl (C=O) groups excluding carboxylic acids is 3. The summed E-state index contributed by atoms with van der Waals surface area (Å²) in [6, 6.07) is 9.74. The van der Waals surface area contributed by atoms with Gasteiger partial charge in [-0.2, -0.15) is 0 Å². The zero-order valence-corrected chi connectivity index (χ0v) is 14.5. The monoisotopic (exact) mass is 344 g/mol. The van der Waals surface area contributed by atoms with E-state index in [-0.39, 0.29) is 24.5 Å². The Hall–Kier alpha value is -2.47. The molecular formula is C18H20N2O3S. The third kappa shape index (κ3) is 4.52. The van der Waals surface area contributed by atoms with Crippen molar-refractivity contribution in [3.8, 4) is 0 Å². The van der Waals surface area contributed by atoms with Crippen LogP contribution in [-0.4, -0.2) is 17.6 Å². The van der Waals surface area contributed by atoms with Crippen LogP contribution in [0.2, 0.25) is 0 Å². The second-order valence-electron chi connectivity index (χ2n) is 5.56. The maximum atomic E-state index is 12.2. The largest absolute Gasteiger partial charge is 0.368 e. The van der Waals surface area contributed by atoms with Crippen molar-refractivity contribution in [3.05, 3.63) is 57.3 Å². The Morgan fingerprint density at radius 1 is 1.12 bits per heavy atom. The van der Waals surface area contributed by atoms with Crippen LogP contribution in [0.3, 0.4) is 0 Å². The Morgan fingerprint density at radius 2 is 1.79 bits per heavy atom. The predicted molar refractivity (Wildman–Crippen MR) is 93.9 cm³/mol. The molecule has 2 aromatic rings. The molecule has 0 aliphatic carbocycles. The highest BCUT2D eigenvalue weighted by Gasteiger charge is 2.21. The van der Waals surface area contributed by atoms with Crippen molar-refractivity contribution in [2.75, 3.05) is 0 Å². The minimum absolute atomic E-state index is 0.0176. The van der Waals surface area contributed by atoms with Gasteiger partial charge in [-0.1, -0.05) is 30.3 Å². The predicted octanol–water partition coefficient (Wildman–Crippen LogP) is 2.67. The first-order chi connectivity index (χ1) is 11.4. The van der Waals surface area contributed by atoms with Crippen molar-refractivity contribution >= 4 is 28.9 Å². The van der Waals surface area contributed by atoms with Crippen molar-refractivity contribution in [1.82, 2.24) is 5.32 Å². The van der Waals surface area contributed by atoms with Gasteiger partial charge in [0.1, 0.15) is 6.04 Å². The van der Waals surface area contributed by atoms with Gasteiger partial charge in [0.2, 0.25) is 11.8 Å². The Balaban J connectivity index is 1.95. The number of hydrogen-bond acceptors (Lipinski definition) is 4. The van der Waals surface area contributed by atoms with E-state index in [1.165, 1.54) is 0 Å². The molecule has 1 atom stereocenters. The quantitative estimate of drug-likeness (QED) is 0.757. The number of aryl methyl sites for hydroxylation is 2. The van der Waals surface area contributed by atoms with Crippen molar-refractivity contribution in [2.24, 2.45) is 5.73 Å². The summed E-state index contributed by atoms with van der Waals surface area (Å²) in [6.45, 7) is 3.84. The molecule has 0 fully saturated rings. The van der Waals surface area contributed by atoms with Crippen LogP contribution in [0.5, 0.6) is 0 Å². The number of Topliss-reactive ketones (excluding diaryl/α,β-unsaturated/α-hetero) is 1. The molecule has 5 nitrogen and oxygen atoms in total. The zero-order chi connectivity index (χ0) is 17.7. The summed E-state index contributed by atoms with van der Waals surface area (Å²) in [5.41, 5.74) is 6.65. The van der Waals surface area contributed by atoms with E-state index in [9.17, 15) is 14.4 Å². The van der Waals surface area contributed by atoms with Gasteiger partial charge in [0.25, 0.3) is 0 Å². The summed E-state index contributed by atoms with van der Waals surface area (Å²) >= 11 is 1.56. The number of primary amides is 1. The van der Waals surface area contributed by atoms with Gasteiger partial charge in [-0.15, -0.1) is 11.3 Å². The van der Waals surface area contributed by atoms with Gasteiger partial charge >= 0.3 is 0 Å². The SMILES string of the molecule is Cc1cc(C(=O)CCC(=O)N[C@@H](C(N)=O)c2ccccc2)c(C)s1. The van der Waals surface area contributed by atoms with Crippen LogP contribution in [0.4, 0.5) is 0 Å². The number of ketones is 1. The zero-order valence-electron chi connectivity index (χ0n) is 13.7. The molecular weight excluding hydrogens is 324 g/mol. The lowest BCUT2D eigenvalue weighted by atomic mass is 10.0. The lowest BCUT2D eigenvalue weighted by molar-refractivity contribution is -0.127. The average molecular weight is 344 g/mol. The van der Waals surface area contributed by atoms with Crippen LogP contribution in [0.25, 0.3) is 0 Å². The molecule has 2 rings (SSSR count). The molecule has 0 saturated heterocycles. The first-order valence-electron chi connectivity index (χ1n) is 7.62. The van der Waals surface area contributed by atoms with Gasteiger partial charge in [0.05, 0.1) is 0 Å². The van der Waals surface area contributed by atoms with Gasteiger partial charge in [-0.3, -0.25) is 14.4 Å². The van der Waals surface area contributed by atoms with E-state index in [4.69, 9.17) is 5.73 Å². The molecule has 0 aliphatic heterocycles. The summed E-state index contributed by atoms with van der Waals surface area (Å²) in [4.78, 5) is 37.9. The maximum Gasteiger partial charge on any atom is 0.244 e. The Morgan fingerprint density at radius 3 is 2.33 bits per heavy atom. The third-order valence-electron chi connectivity index (χ3n) is 3.64. The summed E-state index contributed by atoms with van der Waals surface area (Å²) in [6.07, 6.45) is 0.118. The Kier molecular flexibility index (Phi) is 5.87. The molecule has 1 aromatic carbocycles. The molecule has 0 aliphatic rings. The highest BCUT2D eigenvalue weighted by atomic mass is 32.1. The molecule has 6 heteroatoms. The van der Waals surface area contributed by atoms with Crippen molar-refractivity contribution in [3.63, 3.8) is 0 Å². The summed E-state index contributed by atoms with van der Waals surface area (Å²) in [5, 5.41) is 2.60. The molecule has 1 heterocycles. The topological polar surface area (TPSA) is 89.3 Å². The minimum atomic E-state index is -0.890. The van der Waals surface area contributed by atoms with Crippen LogP contribution < -0.4 is 11.1 Å². The average Bonchev–Trinajstić information content (AvgIpc) is 2.89. The van der Waals surface area contributed by atoms with Crippen molar-refractivity contribution < 1.29 is 14.4 Å². The van der Waals surface area contributed by atoms with E-state index in [1.54, 1.807) is 35.6 Å². The van der Waals surface area contributed by atoms with E-state index in [2.05, 4.69) is 5.32 Å². The molecule has 0 radical (unpaired) electrons. The fourth-order valence-corrected chi connectivity index (χ4v) is 3.41. The lowest BCUT2D eigenvalue weighted by Crippen LogP contribution is -2.37. The van der Waals surface area contributed by atoms with Crippen LogP contribution in [-0.2, 0) is 9.59 Å². The molecule has 0 unspecified atom stereocenters. The summed E-state index contributed by atoms with van der Waals surface area (Å²) in [7, 11) is 0. The van der Waals surface area contributed by atoms with E-state index in [0.29, 0.717) is 11.1 Å². The highest BCUT2D eigenvalue weighted by Crippen LogP contribution is 2.22. The van der Waals surface area contributed by atoms with Gasteiger partial charge < -0.3 is 11.1 Å². The van der Waals surface area contributed by atoms with Crippen LogP contribution in [0.1, 0.15) is 44.6 Å². The summed E-state index contributed by atoms with van der Waals surface area (Å²) < 4.78 is 0. The number of thiophene rings is 1. The number of nitrogens with two attached hydrogens (primary N) is 1. The van der Waals surface area contributed by atoms with Gasteiger partial charge in [0, 0.05) is 28.2 Å².